The highest BCUT2D eigenvalue weighted by Crippen LogP contribution is 2.23. The molecule has 132 valence electrons. The maximum atomic E-state index is 13.6. The molecule has 0 saturated heterocycles. The van der Waals surface area contributed by atoms with Gasteiger partial charge in [0, 0.05) is 23.6 Å². The minimum Gasteiger partial charge on any atom is -0.497 e. The van der Waals surface area contributed by atoms with Crippen LogP contribution in [0.3, 0.4) is 0 Å². The standard InChI is InChI=1S/C20H16F2N2O2/c1-26-17-7-5-16(6-8-17)24(13-14-3-2-10-23-12-14)20(25)15-4-9-18(21)19(22)11-15/h2-12H,13H2,1H3. The molecule has 0 bridgehead atoms. The quantitative estimate of drug-likeness (QED) is 0.689. The van der Waals surface area contributed by atoms with Crippen molar-refractivity contribution in [1.29, 1.82) is 0 Å². The maximum Gasteiger partial charge on any atom is 0.258 e. The summed E-state index contributed by atoms with van der Waals surface area (Å²) in [5.41, 5.74) is 1.47. The molecule has 0 fully saturated rings. The largest absolute Gasteiger partial charge is 0.497 e. The van der Waals surface area contributed by atoms with E-state index in [9.17, 15) is 13.6 Å². The molecule has 3 aromatic rings. The Kier molecular flexibility index (Phi) is 5.22. The van der Waals surface area contributed by atoms with Crippen molar-refractivity contribution < 1.29 is 18.3 Å². The summed E-state index contributed by atoms with van der Waals surface area (Å²) < 4.78 is 31.9. The van der Waals surface area contributed by atoms with E-state index in [2.05, 4.69) is 4.98 Å². The van der Waals surface area contributed by atoms with Crippen molar-refractivity contribution in [3.05, 3.63) is 89.8 Å². The number of nitrogens with zero attached hydrogens (tertiary/aromatic N) is 2. The smallest absolute Gasteiger partial charge is 0.258 e. The molecule has 1 aromatic heterocycles. The number of methoxy groups -OCH3 is 1. The number of hydrogen-bond donors (Lipinski definition) is 0. The van der Waals surface area contributed by atoms with Crippen LogP contribution in [0.5, 0.6) is 5.75 Å². The highest BCUT2D eigenvalue weighted by Gasteiger charge is 2.20. The number of carbonyl (C=O) groups is 1. The summed E-state index contributed by atoms with van der Waals surface area (Å²) in [6.45, 7) is 0.234. The molecule has 4 nitrogen and oxygen atoms in total. The van der Waals surface area contributed by atoms with Crippen molar-refractivity contribution in [2.75, 3.05) is 12.0 Å². The van der Waals surface area contributed by atoms with Gasteiger partial charge in [0.1, 0.15) is 5.75 Å². The predicted octanol–water partition coefficient (Wildman–Crippen LogP) is 4.22. The van der Waals surface area contributed by atoms with Crippen molar-refractivity contribution in [2.24, 2.45) is 0 Å². The Morgan fingerprint density at radius 2 is 1.85 bits per heavy atom. The van der Waals surface area contributed by atoms with E-state index in [0.29, 0.717) is 11.4 Å². The number of rotatable bonds is 5. The summed E-state index contributed by atoms with van der Waals surface area (Å²) in [7, 11) is 1.55. The normalized spacial score (nSPS) is 10.4. The van der Waals surface area contributed by atoms with Crippen LogP contribution in [0.15, 0.2) is 67.0 Å². The van der Waals surface area contributed by atoms with E-state index in [1.807, 2.05) is 6.07 Å². The van der Waals surface area contributed by atoms with Crippen LogP contribution in [-0.2, 0) is 6.54 Å². The Balaban J connectivity index is 1.97. The average molecular weight is 354 g/mol. The molecule has 1 heterocycles. The third-order valence-electron chi connectivity index (χ3n) is 3.86. The number of anilines is 1. The number of hydrogen-bond acceptors (Lipinski definition) is 3. The van der Waals surface area contributed by atoms with Gasteiger partial charge in [0.2, 0.25) is 0 Å². The molecule has 3 rings (SSSR count). The highest BCUT2D eigenvalue weighted by molar-refractivity contribution is 6.06. The third-order valence-corrected chi connectivity index (χ3v) is 3.86. The van der Waals surface area contributed by atoms with Gasteiger partial charge in [-0.15, -0.1) is 0 Å². The monoisotopic (exact) mass is 354 g/mol. The van der Waals surface area contributed by atoms with E-state index in [1.165, 1.54) is 11.0 Å². The maximum absolute atomic E-state index is 13.6. The van der Waals surface area contributed by atoms with Gasteiger partial charge in [-0.05, 0) is 54.1 Å². The molecule has 1 amide bonds. The number of benzene rings is 2. The molecule has 2 aromatic carbocycles. The van der Waals surface area contributed by atoms with Crippen LogP contribution < -0.4 is 9.64 Å². The molecule has 0 N–H and O–H groups in total. The van der Waals surface area contributed by atoms with Crippen molar-refractivity contribution >= 4 is 11.6 Å². The first-order valence-corrected chi connectivity index (χ1v) is 7.88. The number of halogens is 2. The Morgan fingerprint density at radius 1 is 1.08 bits per heavy atom. The van der Waals surface area contributed by atoms with Gasteiger partial charge in [-0.25, -0.2) is 8.78 Å². The molecular weight excluding hydrogens is 338 g/mol. The minimum atomic E-state index is -1.06. The van der Waals surface area contributed by atoms with E-state index >= 15 is 0 Å². The summed E-state index contributed by atoms with van der Waals surface area (Å²) in [6, 6.07) is 13.6. The lowest BCUT2D eigenvalue weighted by Crippen LogP contribution is -2.30. The van der Waals surface area contributed by atoms with Crippen molar-refractivity contribution in [3.8, 4) is 5.75 Å². The summed E-state index contributed by atoms with van der Waals surface area (Å²) >= 11 is 0. The summed E-state index contributed by atoms with van der Waals surface area (Å²) in [5, 5.41) is 0. The van der Waals surface area contributed by atoms with Crippen molar-refractivity contribution in [2.45, 2.75) is 6.54 Å². The van der Waals surface area contributed by atoms with Crippen LogP contribution in [0.1, 0.15) is 15.9 Å². The van der Waals surface area contributed by atoms with Crippen LogP contribution in [-0.4, -0.2) is 18.0 Å². The van der Waals surface area contributed by atoms with E-state index in [0.717, 1.165) is 17.7 Å². The van der Waals surface area contributed by atoms with Crippen LogP contribution >= 0.6 is 0 Å². The van der Waals surface area contributed by atoms with Gasteiger partial charge in [-0.3, -0.25) is 9.78 Å². The van der Waals surface area contributed by atoms with Gasteiger partial charge in [-0.2, -0.15) is 0 Å². The van der Waals surface area contributed by atoms with Crippen LogP contribution in [0.25, 0.3) is 0 Å². The number of carbonyl (C=O) groups excluding carboxylic acids is 1. The van der Waals surface area contributed by atoms with E-state index < -0.39 is 17.5 Å². The highest BCUT2D eigenvalue weighted by atomic mass is 19.2. The lowest BCUT2D eigenvalue weighted by Gasteiger charge is -2.23. The molecule has 0 spiro atoms. The van der Waals surface area contributed by atoms with Gasteiger partial charge in [0.05, 0.1) is 13.7 Å². The molecule has 0 aliphatic carbocycles. The zero-order valence-corrected chi connectivity index (χ0v) is 14.0. The first-order chi connectivity index (χ1) is 12.6. The van der Waals surface area contributed by atoms with E-state index in [-0.39, 0.29) is 12.1 Å². The molecule has 6 heteroatoms. The first kappa shape index (κ1) is 17.5. The molecular formula is C20H16F2N2O2. The SMILES string of the molecule is COc1ccc(N(Cc2cccnc2)C(=O)c2ccc(F)c(F)c2)cc1. The number of ether oxygens (including phenoxy) is 1. The first-order valence-electron chi connectivity index (χ1n) is 7.88. The molecule has 0 saturated carbocycles. The van der Waals surface area contributed by atoms with Crippen LogP contribution in [0.2, 0.25) is 0 Å². The molecule has 26 heavy (non-hydrogen) atoms. The number of aromatic nitrogens is 1. The zero-order valence-electron chi connectivity index (χ0n) is 14.0. The molecule has 0 aliphatic rings. The Morgan fingerprint density at radius 3 is 2.46 bits per heavy atom. The van der Waals surface area contributed by atoms with Gasteiger partial charge < -0.3 is 9.64 Å². The fourth-order valence-corrected chi connectivity index (χ4v) is 2.50. The van der Waals surface area contributed by atoms with Gasteiger partial charge in [-0.1, -0.05) is 6.07 Å². The van der Waals surface area contributed by atoms with E-state index in [4.69, 9.17) is 4.74 Å². The van der Waals surface area contributed by atoms with Gasteiger partial charge >= 0.3 is 0 Å². The summed E-state index contributed by atoms with van der Waals surface area (Å²) in [4.78, 5) is 18.5. The second-order valence-corrected chi connectivity index (χ2v) is 5.58. The van der Waals surface area contributed by atoms with Crippen molar-refractivity contribution in [1.82, 2.24) is 4.98 Å². The van der Waals surface area contributed by atoms with Crippen LogP contribution in [0, 0.1) is 11.6 Å². The topological polar surface area (TPSA) is 42.4 Å². The van der Waals surface area contributed by atoms with E-state index in [1.54, 1.807) is 49.8 Å². The molecule has 0 unspecified atom stereocenters. The second-order valence-electron chi connectivity index (χ2n) is 5.58. The second kappa shape index (κ2) is 7.74. The lowest BCUT2D eigenvalue weighted by atomic mass is 10.1. The van der Waals surface area contributed by atoms with Crippen molar-refractivity contribution in [3.63, 3.8) is 0 Å². The lowest BCUT2D eigenvalue weighted by molar-refractivity contribution is 0.0984. The number of amides is 1. The zero-order chi connectivity index (χ0) is 18.5. The summed E-state index contributed by atoms with van der Waals surface area (Å²) in [5.74, 6) is -1.86. The fraction of sp³-hybridized carbons (Fsp3) is 0.100. The molecule has 0 aliphatic heterocycles. The summed E-state index contributed by atoms with van der Waals surface area (Å²) in [6.07, 6.45) is 3.29. The average Bonchev–Trinajstić information content (AvgIpc) is 2.68. The van der Waals surface area contributed by atoms with Gasteiger partial charge in [0.25, 0.3) is 5.91 Å². The molecule has 0 atom stereocenters. The fourth-order valence-electron chi connectivity index (χ4n) is 2.50. The number of pyridine rings is 1. The third kappa shape index (κ3) is 3.85. The Hall–Kier alpha value is -3.28. The Bertz CT molecular complexity index is 899. The van der Waals surface area contributed by atoms with Gasteiger partial charge in [0.15, 0.2) is 11.6 Å². The van der Waals surface area contributed by atoms with Crippen LogP contribution in [0.4, 0.5) is 14.5 Å². The molecule has 0 radical (unpaired) electrons. The minimum absolute atomic E-state index is 0.0589. The predicted molar refractivity (Wildman–Crippen MR) is 94.1 cm³/mol. The Labute approximate surface area is 149 Å².